The summed E-state index contributed by atoms with van der Waals surface area (Å²) in [6.45, 7) is 4.33. The molecule has 0 aliphatic carbocycles. The Kier molecular flexibility index (Phi) is 6.18. The lowest BCUT2D eigenvalue weighted by atomic mass is 9.89. The second-order valence-corrected chi connectivity index (χ2v) is 9.86. The van der Waals surface area contributed by atoms with Crippen LogP contribution in [0.15, 0.2) is 60.8 Å². The van der Waals surface area contributed by atoms with Gasteiger partial charge in [0.25, 0.3) is 0 Å². The van der Waals surface area contributed by atoms with E-state index in [0.717, 1.165) is 53.5 Å². The van der Waals surface area contributed by atoms with E-state index in [1.165, 1.54) is 32.5 Å². The molecule has 2 N–H and O–H groups in total. The maximum atomic E-state index is 10.9. The summed E-state index contributed by atoms with van der Waals surface area (Å²) in [5.74, 6) is -0.946. The summed E-state index contributed by atoms with van der Waals surface area (Å²) in [4.78, 5) is 16.1. The SMILES string of the molecule is CCC(=C(c1ccc(C=CC(=O)O)cc1)c1ccc2[nH]ncc2c1)c1cc2c(s1)CCN(C)C2. The monoisotopic (exact) mass is 469 g/mol. The van der Waals surface area contributed by atoms with Gasteiger partial charge in [0.2, 0.25) is 0 Å². The van der Waals surface area contributed by atoms with Crippen molar-refractivity contribution in [3.63, 3.8) is 0 Å². The molecule has 2 aromatic carbocycles. The Balaban J connectivity index is 1.66. The van der Waals surface area contributed by atoms with E-state index in [1.807, 2.05) is 29.7 Å². The summed E-state index contributed by atoms with van der Waals surface area (Å²) in [6.07, 6.45) is 6.67. The first-order valence-electron chi connectivity index (χ1n) is 11.5. The number of nitrogens with zero attached hydrogens (tertiary/aromatic N) is 2. The molecule has 5 nitrogen and oxygen atoms in total. The Labute approximate surface area is 203 Å². The number of carboxylic acids is 1. The van der Waals surface area contributed by atoms with E-state index in [1.54, 1.807) is 6.08 Å². The van der Waals surface area contributed by atoms with Crippen molar-refractivity contribution in [2.45, 2.75) is 26.3 Å². The molecule has 0 bridgehead atoms. The average Bonchev–Trinajstić information content (AvgIpc) is 3.47. The van der Waals surface area contributed by atoms with Crippen LogP contribution < -0.4 is 0 Å². The highest BCUT2D eigenvalue weighted by atomic mass is 32.1. The van der Waals surface area contributed by atoms with E-state index >= 15 is 0 Å². The lowest BCUT2D eigenvalue weighted by molar-refractivity contribution is -0.131. The van der Waals surface area contributed by atoms with Crippen LogP contribution in [-0.4, -0.2) is 39.8 Å². The highest BCUT2D eigenvalue weighted by Gasteiger charge is 2.20. The van der Waals surface area contributed by atoms with Gasteiger partial charge in [-0.15, -0.1) is 11.3 Å². The maximum Gasteiger partial charge on any atom is 0.328 e. The van der Waals surface area contributed by atoms with E-state index in [-0.39, 0.29) is 0 Å². The topological polar surface area (TPSA) is 69.2 Å². The average molecular weight is 470 g/mol. The van der Waals surface area contributed by atoms with E-state index in [9.17, 15) is 4.79 Å². The number of likely N-dealkylation sites (N-methyl/N-ethyl adjacent to an activating group) is 1. The fourth-order valence-corrected chi connectivity index (χ4v) is 5.92. The molecule has 4 aromatic rings. The summed E-state index contributed by atoms with van der Waals surface area (Å²) in [7, 11) is 2.18. The molecule has 2 aromatic heterocycles. The molecule has 0 radical (unpaired) electrons. The van der Waals surface area contributed by atoms with Gasteiger partial charge in [-0.3, -0.25) is 5.10 Å². The fraction of sp³-hybridized carbons (Fsp3) is 0.214. The predicted molar refractivity (Wildman–Crippen MR) is 140 cm³/mol. The molecule has 0 atom stereocenters. The predicted octanol–water partition coefficient (Wildman–Crippen LogP) is 6.08. The number of fused-ring (bicyclic) bond motifs is 2. The van der Waals surface area contributed by atoms with Crippen LogP contribution >= 0.6 is 11.3 Å². The molecule has 0 fully saturated rings. The van der Waals surface area contributed by atoms with Crippen LogP contribution in [0, 0.1) is 0 Å². The van der Waals surface area contributed by atoms with Crippen molar-refractivity contribution in [2.24, 2.45) is 0 Å². The number of thiophene rings is 1. The second-order valence-electron chi connectivity index (χ2n) is 8.72. The van der Waals surface area contributed by atoms with Gasteiger partial charge < -0.3 is 10.0 Å². The van der Waals surface area contributed by atoms with Gasteiger partial charge in [0.15, 0.2) is 0 Å². The number of allylic oxidation sites excluding steroid dienone is 1. The van der Waals surface area contributed by atoms with Gasteiger partial charge >= 0.3 is 5.97 Å². The van der Waals surface area contributed by atoms with Gasteiger partial charge in [-0.25, -0.2) is 4.79 Å². The Hall–Kier alpha value is -3.48. The molecule has 5 rings (SSSR count). The van der Waals surface area contributed by atoms with Crippen LogP contribution in [0.1, 0.15) is 45.4 Å². The van der Waals surface area contributed by atoms with Gasteiger partial charge in [0, 0.05) is 34.3 Å². The van der Waals surface area contributed by atoms with E-state index in [4.69, 9.17) is 5.11 Å². The number of hydrogen-bond donors (Lipinski definition) is 2. The zero-order valence-corrected chi connectivity index (χ0v) is 20.2. The van der Waals surface area contributed by atoms with Crippen molar-refractivity contribution in [3.05, 3.63) is 92.8 Å². The lowest BCUT2D eigenvalue weighted by Crippen LogP contribution is -2.25. The minimum Gasteiger partial charge on any atom is -0.478 e. The van der Waals surface area contributed by atoms with Crippen molar-refractivity contribution in [3.8, 4) is 0 Å². The molecule has 0 unspecified atom stereocenters. The molecule has 172 valence electrons. The molecule has 3 heterocycles. The first-order chi connectivity index (χ1) is 16.5. The molecule has 1 aliphatic rings. The molecule has 0 saturated carbocycles. The molecule has 0 saturated heterocycles. The van der Waals surface area contributed by atoms with Crippen LogP contribution in [0.5, 0.6) is 0 Å². The van der Waals surface area contributed by atoms with Crippen molar-refractivity contribution < 1.29 is 9.90 Å². The number of hydrogen-bond acceptors (Lipinski definition) is 4. The van der Waals surface area contributed by atoms with Crippen molar-refractivity contribution >= 4 is 45.4 Å². The van der Waals surface area contributed by atoms with Crippen molar-refractivity contribution in [1.82, 2.24) is 15.1 Å². The van der Waals surface area contributed by atoms with Gasteiger partial charge in [-0.2, -0.15) is 5.10 Å². The van der Waals surface area contributed by atoms with Crippen LogP contribution in [0.2, 0.25) is 0 Å². The molecule has 0 amide bonds. The number of carbonyl (C=O) groups is 1. The van der Waals surface area contributed by atoms with Crippen molar-refractivity contribution in [1.29, 1.82) is 0 Å². The second kappa shape index (κ2) is 9.41. The quantitative estimate of drug-likeness (QED) is 0.336. The van der Waals surface area contributed by atoms with E-state index < -0.39 is 5.97 Å². The van der Waals surface area contributed by atoms with E-state index in [2.05, 4.69) is 65.5 Å². The number of H-pyrrole nitrogens is 1. The molecular weight excluding hydrogens is 442 g/mol. The summed E-state index contributed by atoms with van der Waals surface area (Å²) in [5, 5.41) is 17.3. The summed E-state index contributed by atoms with van der Waals surface area (Å²) < 4.78 is 0. The highest BCUT2D eigenvalue weighted by Crippen LogP contribution is 2.40. The first kappa shape index (κ1) is 22.3. The number of aromatic nitrogens is 2. The van der Waals surface area contributed by atoms with Gasteiger partial charge in [-0.05, 0) is 77.6 Å². The number of benzene rings is 2. The van der Waals surface area contributed by atoms with Gasteiger partial charge in [0.1, 0.15) is 0 Å². The maximum absolute atomic E-state index is 10.9. The summed E-state index contributed by atoms with van der Waals surface area (Å²) >= 11 is 1.93. The van der Waals surface area contributed by atoms with Gasteiger partial charge in [-0.1, -0.05) is 37.3 Å². The molecule has 0 spiro atoms. The highest BCUT2D eigenvalue weighted by molar-refractivity contribution is 7.13. The van der Waals surface area contributed by atoms with Crippen molar-refractivity contribution in [2.75, 3.05) is 13.6 Å². The summed E-state index contributed by atoms with van der Waals surface area (Å²) in [5.41, 5.74) is 8.15. The zero-order chi connectivity index (χ0) is 23.7. The number of aromatic amines is 1. The van der Waals surface area contributed by atoms with E-state index in [0.29, 0.717) is 0 Å². The third kappa shape index (κ3) is 4.47. The standard InChI is InChI=1S/C28H27N3O2S/c1-3-23(26-15-22-17-31(2)13-12-25(22)34-26)28(20-9-10-24-21(14-20)16-29-30-24)19-7-4-18(5-8-19)6-11-27(32)33/h4-11,14-16H,3,12-13,17H2,1-2H3,(H,29,30)(H,32,33). The van der Waals surface area contributed by atoms with Crippen LogP contribution in [0.25, 0.3) is 28.1 Å². The lowest BCUT2D eigenvalue weighted by Gasteiger charge is -2.21. The molecule has 6 heteroatoms. The fourth-order valence-electron chi connectivity index (χ4n) is 4.64. The molecular formula is C28H27N3O2S. The molecule has 34 heavy (non-hydrogen) atoms. The Morgan fingerprint density at radius 3 is 2.74 bits per heavy atom. The third-order valence-corrected chi connectivity index (χ3v) is 7.65. The number of carboxylic acid groups (broad SMARTS) is 1. The largest absolute Gasteiger partial charge is 0.478 e. The van der Waals surface area contributed by atoms with Crippen LogP contribution in [-0.2, 0) is 17.8 Å². The number of aliphatic carboxylic acids is 1. The van der Waals surface area contributed by atoms with Crippen LogP contribution in [0.4, 0.5) is 0 Å². The smallest absolute Gasteiger partial charge is 0.328 e. The first-order valence-corrected chi connectivity index (χ1v) is 12.3. The Morgan fingerprint density at radius 1 is 1.18 bits per heavy atom. The minimum absolute atomic E-state index is 0.864. The Bertz CT molecular complexity index is 1410. The minimum atomic E-state index is -0.946. The number of rotatable bonds is 6. The summed E-state index contributed by atoms with van der Waals surface area (Å²) in [6, 6.07) is 17.0. The third-order valence-electron chi connectivity index (χ3n) is 6.36. The normalized spacial score (nSPS) is 15.0. The van der Waals surface area contributed by atoms with Crippen LogP contribution in [0.3, 0.4) is 0 Å². The zero-order valence-electron chi connectivity index (χ0n) is 19.3. The van der Waals surface area contributed by atoms with Gasteiger partial charge in [0.05, 0.1) is 11.7 Å². The number of nitrogens with one attached hydrogen (secondary N) is 1. The molecule has 1 aliphatic heterocycles. The Morgan fingerprint density at radius 2 is 1.97 bits per heavy atom.